The minimum absolute atomic E-state index is 0.918. The molecule has 0 saturated heterocycles. The van der Waals surface area contributed by atoms with Crippen molar-refractivity contribution in [2.75, 3.05) is 0 Å². The van der Waals surface area contributed by atoms with Gasteiger partial charge in [0, 0.05) is 32.7 Å². The van der Waals surface area contributed by atoms with Crippen LogP contribution >= 0.6 is 0 Å². The van der Waals surface area contributed by atoms with Crippen molar-refractivity contribution >= 4 is 76.2 Å². The first-order valence-corrected chi connectivity index (χ1v) is 14.4. The van der Waals surface area contributed by atoms with Crippen molar-refractivity contribution in [3.8, 4) is 22.3 Å². The van der Waals surface area contributed by atoms with E-state index in [4.69, 9.17) is 8.83 Å². The lowest BCUT2D eigenvalue weighted by Crippen LogP contribution is -1.90. The van der Waals surface area contributed by atoms with Crippen molar-refractivity contribution in [3.05, 3.63) is 133 Å². The molecule has 10 aromatic rings. The maximum Gasteiger partial charge on any atom is 0.143 e. The van der Waals surface area contributed by atoms with Crippen LogP contribution in [0.5, 0.6) is 0 Å². The lowest BCUT2D eigenvalue weighted by atomic mass is 9.86. The molecule has 0 bridgehead atoms. The summed E-state index contributed by atoms with van der Waals surface area (Å²) in [6.07, 6.45) is 0. The number of benzene rings is 8. The van der Waals surface area contributed by atoms with Crippen molar-refractivity contribution in [3.63, 3.8) is 0 Å². The standard InChI is InChI=1S/C40H22O2/c1-3-16-35-26(9-1)31-13-6-12-30(39(31)41-35)25-20-19-24-22-34(28-11-5-8-23-18-21-29(25)38(24)37(23)28)33-15-7-14-32-27-10-2-4-17-36(27)42-40(32)33/h1-22H. The number of para-hydroxylation sites is 4. The largest absolute Gasteiger partial charge is 0.455 e. The van der Waals surface area contributed by atoms with E-state index in [-0.39, 0.29) is 0 Å². The van der Waals surface area contributed by atoms with Crippen LogP contribution in [0.2, 0.25) is 0 Å². The monoisotopic (exact) mass is 534 g/mol. The second kappa shape index (κ2) is 7.99. The third-order valence-electron chi connectivity index (χ3n) is 9.03. The van der Waals surface area contributed by atoms with E-state index >= 15 is 0 Å². The van der Waals surface area contributed by atoms with Crippen LogP contribution in [0, 0.1) is 0 Å². The maximum atomic E-state index is 6.49. The minimum Gasteiger partial charge on any atom is -0.455 e. The number of furan rings is 2. The van der Waals surface area contributed by atoms with Gasteiger partial charge < -0.3 is 8.83 Å². The van der Waals surface area contributed by atoms with Gasteiger partial charge in [-0.05, 0) is 61.6 Å². The van der Waals surface area contributed by atoms with Crippen LogP contribution in [-0.2, 0) is 0 Å². The average molecular weight is 535 g/mol. The van der Waals surface area contributed by atoms with Gasteiger partial charge in [0.15, 0.2) is 0 Å². The Hall–Kier alpha value is -5.60. The van der Waals surface area contributed by atoms with Crippen molar-refractivity contribution in [2.45, 2.75) is 0 Å². The van der Waals surface area contributed by atoms with Gasteiger partial charge in [0.2, 0.25) is 0 Å². The highest BCUT2D eigenvalue weighted by atomic mass is 16.3. The maximum absolute atomic E-state index is 6.49. The van der Waals surface area contributed by atoms with E-state index in [0.29, 0.717) is 0 Å². The van der Waals surface area contributed by atoms with Gasteiger partial charge in [-0.15, -0.1) is 0 Å². The Morgan fingerprint density at radius 2 is 0.833 bits per heavy atom. The van der Waals surface area contributed by atoms with Gasteiger partial charge in [-0.25, -0.2) is 0 Å². The molecule has 0 N–H and O–H groups in total. The molecule has 2 heteroatoms. The third-order valence-corrected chi connectivity index (χ3v) is 9.03. The Morgan fingerprint density at radius 1 is 0.310 bits per heavy atom. The first kappa shape index (κ1) is 22.1. The van der Waals surface area contributed by atoms with Crippen molar-refractivity contribution in [2.24, 2.45) is 0 Å². The molecule has 0 unspecified atom stereocenters. The lowest BCUT2D eigenvalue weighted by molar-refractivity contribution is 0.669. The van der Waals surface area contributed by atoms with Crippen LogP contribution in [0.4, 0.5) is 0 Å². The highest BCUT2D eigenvalue weighted by Crippen LogP contribution is 2.46. The smallest absolute Gasteiger partial charge is 0.143 e. The van der Waals surface area contributed by atoms with Crippen molar-refractivity contribution in [1.29, 1.82) is 0 Å². The zero-order valence-electron chi connectivity index (χ0n) is 22.5. The normalized spacial score (nSPS) is 12.3. The summed E-state index contributed by atoms with van der Waals surface area (Å²) in [5, 5.41) is 12.1. The van der Waals surface area contributed by atoms with Crippen LogP contribution < -0.4 is 0 Å². The molecule has 0 aliphatic heterocycles. The summed E-state index contributed by atoms with van der Waals surface area (Å²) in [5.74, 6) is 0. The van der Waals surface area contributed by atoms with Crippen LogP contribution in [0.25, 0.3) is 98.4 Å². The predicted molar refractivity (Wildman–Crippen MR) is 176 cm³/mol. The van der Waals surface area contributed by atoms with Crippen LogP contribution in [0.15, 0.2) is 142 Å². The Labute approximate surface area is 240 Å². The summed E-state index contributed by atoms with van der Waals surface area (Å²) in [6, 6.07) is 47.6. The van der Waals surface area contributed by atoms with Crippen LogP contribution in [-0.4, -0.2) is 0 Å². The van der Waals surface area contributed by atoms with E-state index in [1.54, 1.807) is 0 Å². The number of rotatable bonds is 2. The molecule has 0 fully saturated rings. The molecule has 0 atom stereocenters. The third kappa shape index (κ3) is 2.83. The Morgan fingerprint density at radius 3 is 1.55 bits per heavy atom. The zero-order valence-corrected chi connectivity index (χ0v) is 22.5. The lowest BCUT2D eigenvalue weighted by Gasteiger charge is -2.17. The number of hydrogen-bond acceptors (Lipinski definition) is 2. The summed E-state index contributed by atoms with van der Waals surface area (Å²) >= 11 is 0. The molecule has 8 aromatic carbocycles. The Bertz CT molecular complexity index is 2680. The van der Waals surface area contributed by atoms with E-state index in [9.17, 15) is 0 Å². The van der Waals surface area contributed by atoms with Gasteiger partial charge in [-0.2, -0.15) is 0 Å². The molecule has 2 nitrogen and oxygen atoms in total. The van der Waals surface area contributed by atoms with E-state index in [0.717, 1.165) is 55.0 Å². The number of fused-ring (bicyclic) bond motifs is 6. The van der Waals surface area contributed by atoms with E-state index in [1.165, 1.54) is 43.4 Å². The van der Waals surface area contributed by atoms with Crippen molar-refractivity contribution < 1.29 is 8.83 Å². The fraction of sp³-hybridized carbons (Fsp3) is 0. The van der Waals surface area contributed by atoms with Gasteiger partial charge >= 0.3 is 0 Å². The van der Waals surface area contributed by atoms with E-state index < -0.39 is 0 Å². The molecule has 0 radical (unpaired) electrons. The molecule has 2 heterocycles. The summed E-state index contributed by atoms with van der Waals surface area (Å²) in [5.41, 5.74) is 8.33. The molecule has 2 aromatic heterocycles. The molecule has 10 rings (SSSR count). The molecule has 0 spiro atoms. The quantitative estimate of drug-likeness (QED) is 0.206. The summed E-state index contributed by atoms with van der Waals surface area (Å²) in [6.45, 7) is 0. The fourth-order valence-corrected chi connectivity index (χ4v) is 7.20. The second-order valence-electron chi connectivity index (χ2n) is 11.2. The van der Waals surface area contributed by atoms with Gasteiger partial charge in [0.1, 0.15) is 22.3 Å². The molecule has 0 aliphatic rings. The summed E-state index contributed by atoms with van der Waals surface area (Å²) in [4.78, 5) is 0. The minimum atomic E-state index is 0.918. The topological polar surface area (TPSA) is 26.3 Å². The average Bonchev–Trinajstić information content (AvgIpc) is 3.62. The molecule has 0 saturated carbocycles. The van der Waals surface area contributed by atoms with Gasteiger partial charge in [0.05, 0.1) is 0 Å². The SMILES string of the molecule is c1ccc2c(c1)oc1c(-c3cc4ccc(-c5cccc6c5oc5ccccc56)c5ccc6cccc3c6c45)cccc12. The summed E-state index contributed by atoms with van der Waals surface area (Å²) in [7, 11) is 0. The molecule has 0 amide bonds. The molecule has 0 aliphatic carbocycles. The highest BCUT2D eigenvalue weighted by Gasteiger charge is 2.20. The highest BCUT2D eigenvalue weighted by molar-refractivity contribution is 6.29. The molecule has 42 heavy (non-hydrogen) atoms. The molecule has 194 valence electrons. The second-order valence-corrected chi connectivity index (χ2v) is 11.2. The van der Waals surface area contributed by atoms with Crippen LogP contribution in [0.3, 0.4) is 0 Å². The van der Waals surface area contributed by atoms with Crippen molar-refractivity contribution in [1.82, 2.24) is 0 Å². The molecular weight excluding hydrogens is 512 g/mol. The Kier molecular flexibility index (Phi) is 4.21. The van der Waals surface area contributed by atoms with Crippen LogP contribution in [0.1, 0.15) is 0 Å². The first-order valence-electron chi connectivity index (χ1n) is 14.4. The summed E-state index contributed by atoms with van der Waals surface area (Å²) < 4.78 is 12.9. The zero-order chi connectivity index (χ0) is 27.4. The van der Waals surface area contributed by atoms with E-state index in [2.05, 4.69) is 115 Å². The Balaban J connectivity index is 1.30. The predicted octanol–water partition coefficient (Wildman–Crippen LogP) is 11.7. The number of hydrogen-bond donors (Lipinski definition) is 0. The van der Waals surface area contributed by atoms with Gasteiger partial charge in [0.25, 0.3) is 0 Å². The molecular formula is C40H22O2. The van der Waals surface area contributed by atoms with E-state index in [1.807, 2.05) is 18.2 Å². The fourth-order valence-electron chi connectivity index (χ4n) is 7.20. The van der Waals surface area contributed by atoms with Gasteiger partial charge in [-0.1, -0.05) is 115 Å². The van der Waals surface area contributed by atoms with Gasteiger partial charge in [-0.3, -0.25) is 0 Å². The first-order chi connectivity index (χ1) is 20.8.